The summed E-state index contributed by atoms with van der Waals surface area (Å²) >= 11 is 0. The second kappa shape index (κ2) is 5.82. The lowest BCUT2D eigenvalue weighted by Gasteiger charge is -2.28. The van der Waals surface area contributed by atoms with Crippen LogP contribution in [0.4, 0.5) is 0 Å². The van der Waals surface area contributed by atoms with E-state index in [9.17, 15) is 4.79 Å². The Kier molecular flexibility index (Phi) is 4.70. The molecule has 1 rings (SSSR count). The second-order valence-electron chi connectivity index (χ2n) is 5.13. The maximum absolute atomic E-state index is 11.6. The summed E-state index contributed by atoms with van der Waals surface area (Å²) in [6, 6.07) is 9.93. The molecule has 94 valence electrons. The average molecular weight is 234 g/mol. The highest BCUT2D eigenvalue weighted by Gasteiger charge is 2.30. The van der Waals surface area contributed by atoms with Crippen molar-refractivity contribution in [3.8, 4) is 0 Å². The van der Waals surface area contributed by atoms with Gasteiger partial charge in [0.05, 0.1) is 5.54 Å². The Morgan fingerprint density at radius 3 is 2.41 bits per heavy atom. The van der Waals surface area contributed by atoms with E-state index in [4.69, 9.17) is 5.73 Å². The number of nitrogens with one attached hydrogen (secondary N) is 1. The molecule has 1 atom stereocenters. The van der Waals surface area contributed by atoms with Crippen molar-refractivity contribution in [3.05, 3.63) is 35.9 Å². The summed E-state index contributed by atoms with van der Waals surface area (Å²) in [6.45, 7) is 6.87. The number of hydrogen-bond acceptors (Lipinski definition) is 2. The van der Waals surface area contributed by atoms with Gasteiger partial charge in [-0.1, -0.05) is 44.2 Å². The highest BCUT2D eigenvalue weighted by atomic mass is 16.1. The SMILES string of the molecule is CC(C)CNC(C)(Cc1ccccc1)C(N)=O. The molecule has 1 aromatic carbocycles. The maximum atomic E-state index is 11.6. The van der Waals surface area contributed by atoms with Crippen LogP contribution in [0.15, 0.2) is 30.3 Å². The average Bonchev–Trinajstić information content (AvgIpc) is 2.27. The zero-order chi connectivity index (χ0) is 12.9. The zero-order valence-electron chi connectivity index (χ0n) is 10.9. The molecule has 0 heterocycles. The lowest BCUT2D eigenvalue weighted by atomic mass is 9.91. The molecule has 0 bridgehead atoms. The summed E-state index contributed by atoms with van der Waals surface area (Å²) in [4.78, 5) is 11.6. The molecule has 1 unspecified atom stereocenters. The van der Waals surface area contributed by atoms with Crippen molar-refractivity contribution in [2.24, 2.45) is 11.7 Å². The first-order valence-corrected chi connectivity index (χ1v) is 6.03. The largest absolute Gasteiger partial charge is 0.368 e. The van der Waals surface area contributed by atoms with E-state index >= 15 is 0 Å². The van der Waals surface area contributed by atoms with Crippen molar-refractivity contribution in [1.29, 1.82) is 0 Å². The summed E-state index contributed by atoms with van der Waals surface area (Å²) in [5, 5.41) is 3.27. The Morgan fingerprint density at radius 2 is 1.94 bits per heavy atom. The van der Waals surface area contributed by atoms with E-state index in [0.717, 1.165) is 12.1 Å². The number of carbonyl (C=O) groups is 1. The summed E-state index contributed by atoms with van der Waals surface area (Å²) in [7, 11) is 0. The first-order valence-electron chi connectivity index (χ1n) is 6.03. The fourth-order valence-corrected chi connectivity index (χ4v) is 1.67. The van der Waals surface area contributed by atoms with Crippen LogP contribution in [0.5, 0.6) is 0 Å². The molecule has 0 saturated heterocycles. The van der Waals surface area contributed by atoms with E-state index in [0.29, 0.717) is 12.3 Å². The minimum Gasteiger partial charge on any atom is -0.368 e. The maximum Gasteiger partial charge on any atom is 0.237 e. The molecular formula is C14H22N2O. The molecule has 3 N–H and O–H groups in total. The van der Waals surface area contributed by atoms with Crippen LogP contribution in [-0.2, 0) is 11.2 Å². The molecule has 3 nitrogen and oxygen atoms in total. The first-order chi connectivity index (χ1) is 7.94. The normalized spacial score (nSPS) is 14.6. The highest BCUT2D eigenvalue weighted by Crippen LogP contribution is 2.13. The number of nitrogens with two attached hydrogens (primary N) is 1. The van der Waals surface area contributed by atoms with E-state index in [1.807, 2.05) is 37.3 Å². The Hall–Kier alpha value is -1.35. The van der Waals surface area contributed by atoms with Gasteiger partial charge < -0.3 is 11.1 Å². The van der Waals surface area contributed by atoms with E-state index in [2.05, 4.69) is 19.2 Å². The fourth-order valence-electron chi connectivity index (χ4n) is 1.67. The van der Waals surface area contributed by atoms with Crippen LogP contribution in [0.1, 0.15) is 26.3 Å². The van der Waals surface area contributed by atoms with Gasteiger partial charge in [-0.3, -0.25) is 4.79 Å². The third-order valence-corrected chi connectivity index (χ3v) is 2.84. The third-order valence-electron chi connectivity index (χ3n) is 2.84. The van der Waals surface area contributed by atoms with E-state index in [-0.39, 0.29) is 5.91 Å². The van der Waals surface area contributed by atoms with Gasteiger partial charge in [-0.25, -0.2) is 0 Å². The van der Waals surface area contributed by atoms with Crippen LogP contribution < -0.4 is 11.1 Å². The lowest BCUT2D eigenvalue weighted by Crippen LogP contribution is -2.55. The Labute approximate surface area is 103 Å². The van der Waals surface area contributed by atoms with Gasteiger partial charge in [0.25, 0.3) is 0 Å². The van der Waals surface area contributed by atoms with Crippen LogP contribution in [-0.4, -0.2) is 18.0 Å². The number of rotatable bonds is 6. The number of carbonyl (C=O) groups excluding carboxylic acids is 1. The summed E-state index contributed by atoms with van der Waals surface area (Å²) in [5.41, 5.74) is 5.94. The Bertz CT molecular complexity index is 362. The number of benzene rings is 1. The summed E-state index contributed by atoms with van der Waals surface area (Å²) in [6.07, 6.45) is 0.621. The van der Waals surface area contributed by atoms with E-state index in [1.54, 1.807) is 0 Å². The minimum atomic E-state index is -0.675. The predicted octanol–water partition coefficient (Wildman–Crippen LogP) is 1.72. The molecule has 1 amide bonds. The van der Waals surface area contributed by atoms with Gasteiger partial charge in [0.15, 0.2) is 0 Å². The van der Waals surface area contributed by atoms with Gasteiger partial charge in [-0.15, -0.1) is 0 Å². The molecule has 0 aliphatic carbocycles. The molecule has 0 aromatic heterocycles. The predicted molar refractivity (Wildman–Crippen MR) is 70.6 cm³/mol. The van der Waals surface area contributed by atoms with Gasteiger partial charge in [-0.2, -0.15) is 0 Å². The van der Waals surface area contributed by atoms with Crippen LogP contribution in [0.3, 0.4) is 0 Å². The Balaban J connectivity index is 2.75. The molecule has 0 fully saturated rings. The number of hydrogen-bond donors (Lipinski definition) is 2. The monoisotopic (exact) mass is 234 g/mol. The van der Waals surface area contributed by atoms with Crippen molar-refractivity contribution in [1.82, 2.24) is 5.32 Å². The van der Waals surface area contributed by atoms with Crippen molar-refractivity contribution in [2.75, 3.05) is 6.54 Å². The van der Waals surface area contributed by atoms with Crippen LogP contribution in [0.2, 0.25) is 0 Å². The van der Waals surface area contributed by atoms with Crippen molar-refractivity contribution in [3.63, 3.8) is 0 Å². The van der Waals surface area contributed by atoms with E-state index < -0.39 is 5.54 Å². The van der Waals surface area contributed by atoms with Gasteiger partial charge in [-0.05, 0) is 31.4 Å². The van der Waals surface area contributed by atoms with Gasteiger partial charge >= 0.3 is 0 Å². The van der Waals surface area contributed by atoms with Gasteiger partial charge in [0.2, 0.25) is 5.91 Å². The molecule has 0 radical (unpaired) electrons. The fraction of sp³-hybridized carbons (Fsp3) is 0.500. The first kappa shape index (κ1) is 13.7. The molecular weight excluding hydrogens is 212 g/mol. The topological polar surface area (TPSA) is 55.1 Å². The molecule has 0 saturated carbocycles. The molecule has 0 aliphatic rings. The number of amides is 1. The quantitative estimate of drug-likeness (QED) is 0.787. The smallest absolute Gasteiger partial charge is 0.237 e. The van der Waals surface area contributed by atoms with Crippen molar-refractivity contribution < 1.29 is 4.79 Å². The summed E-state index contributed by atoms with van der Waals surface area (Å²) < 4.78 is 0. The van der Waals surface area contributed by atoms with Crippen LogP contribution in [0, 0.1) is 5.92 Å². The van der Waals surface area contributed by atoms with Crippen molar-refractivity contribution in [2.45, 2.75) is 32.7 Å². The Morgan fingerprint density at radius 1 is 1.35 bits per heavy atom. The molecule has 1 aromatic rings. The second-order valence-corrected chi connectivity index (χ2v) is 5.13. The van der Waals surface area contributed by atoms with E-state index in [1.165, 1.54) is 0 Å². The third kappa shape index (κ3) is 4.19. The molecule has 17 heavy (non-hydrogen) atoms. The van der Waals surface area contributed by atoms with Gasteiger partial charge in [0.1, 0.15) is 0 Å². The zero-order valence-corrected chi connectivity index (χ0v) is 10.9. The lowest BCUT2D eigenvalue weighted by molar-refractivity contribution is -0.123. The van der Waals surface area contributed by atoms with Gasteiger partial charge in [0, 0.05) is 0 Å². The standard InChI is InChI=1S/C14H22N2O/c1-11(2)10-16-14(3,13(15)17)9-12-7-5-4-6-8-12/h4-8,11,16H,9-10H2,1-3H3,(H2,15,17). The van der Waals surface area contributed by atoms with Crippen LogP contribution >= 0.6 is 0 Å². The highest BCUT2D eigenvalue weighted by molar-refractivity contribution is 5.84. The van der Waals surface area contributed by atoms with Crippen molar-refractivity contribution >= 4 is 5.91 Å². The van der Waals surface area contributed by atoms with Crippen LogP contribution in [0.25, 0.3) is 0 Å². The number of primary amides is 1. The molecule has 0 spiro atoms. The molecule has 3 heteroatoms. The summed E-state index contributed by atoms with van der Waals surface area (Å²) in [5.74, 6) is 0.187. The molecule has 0 aliphatic heterocycles. The minimum absolute atomic E-state index is 0.304.